The van der Waals surface area contributed by atoms with Gasteiger partial charge >= 0.3 is 12.1 Å². The van der Waals surface area contributed by atoms with Crippen LogP contribution in [0.5, 0.6) is 0 Å². The number of hydrogen-bond donors (Lipinski definition) is 0. The molecule has 2 aromatic carbocycles. The Labute approximate surface area is 117 Å². The maximum Gasteiger partial charge on any atom is 0.433 e. The van der Waals surface area contributed by atoms with Crippen LogP contribution in [0.1, 0.15) is 11.1 Å². The molecule has 21 heavy (non-hydrogen) atoms. The first kappa shape index (κ1) is 15.4. The second-order valence-corrected chi connectivity index (χ2v) is 4.46. The Morgan fingerprint density at radius 1 is 0.524 bits per heavy atom. The Morgan fingerprint density at radius 2 is 0.905 bits per heavy atom. The molecule has 0 radical (unpaired) electrons. The summed E-state index contributed by atoms with van der Waals surface area (Å²) in [7, 11) is 0. The minimum atomic E-state index is -5.77. The van der Waals surface area contributed by atoms with Gasteiger partial charge in [-0.3, -0.25) is 0 Å². The molecule has 1 atom stereocenters. The summed E-state index contributed by atoms with van der Waals surface area (Å²) in [5, 5.41) is 0. The molecule has 0 nitrogen and oxygen atoms in total. The second kappa shape index (κ2) is 5.09. The first-order valence-electron chi connectivity index (χ1n) is 5.96. The van der Waals surface area contributed by atoms with Crippen LogP contribution in [0.25, 0.3) is 0 Å². The molecule has 1 unspecified atom stereocenters. The molecule has 0 heterocycles. The van der Waals surface area contributed by atoms with Gasteiger partial charge in [-0.1, -0.05) is 60.7 Å². The van der Waals surface area contributed by atoms with E-state index in [1.165, 1.54) is 12.1 Å². The fraction of sp³-hybridized carbons (Fsp3) is 0.200. The van der Waals surface area contributed by atoms with E-state index in [9.17, 15) is 26.3 Å². The summed E-state index contributed by atoms with van der Waals surface area (Å²) in [6.45, 7) is 0. The van der Waals surface area contributed by atoms with Crippen LogP contribution in [0.15, 0.2) is 60.7 Å². The molecular formula is C15H10F6. The van der Waals surface area contributed by atoms with Gasteiger partial charge in [-0.05, 0) is 0 Å². The first-order chi connectivity index (χ1) is 9.71. The van der Waals surface area contributed by atoms with Crippen LogP contribution in [0, 0.1) is 0 Å². The van der Waals surface area contributed by atoms with Gasteiger partial charge in [0, 0.05) is 11.1 Å². The van der Waals surface area contributed by atoms with Crippen molar-refractivity contribution in [1.29, 1.82) is 0 Å². The molecule has 2 aromatic rings. The molecule has 0 aliphatic rings. The third-order valence-electron chi connectivity index (χ3n) is 3.13. The molecule has 0 bridgehead atoms. The van der Waals surface area contributed by atoms with E-state index in [0.717, 1.165) is 36.4 Å². The molecule has 0 spiro atoms. The third kappa shape index (κ3) is 2.39. The highest BCUT2D eigenvalue weighted by Crippen LogP contribution is 2.56. The molecule has 0 amide bonds. The molecule has 0 saturated heterocycles. The van der Waals surface area contributed by atoms with Gasteiger partial charge in [0.2, 0.25) is 0 Å². The quantitative estimate of drug-likeness (QED) is 0.683. The Morgan fingerprint density at radius 3 is 1.29 bits per heavy atom. The Balaban J connectivity index is 2.67. The van der Waals surface area contributed by atoms with Gasteiger partial charge in [0.1, 0.15) is 0 Å². The van der Waals surface area contributed by atoms with E-state index in [4.69, 9.17) is 0 Å². The molecule has 0 aromatic heterocycles. The van der Waals surface area contributed by atoms with E-state index < -0.39 is 28.9 Å². The molecular weight excluding hydrogens is 294 g/mol. The van der Waals surface area contributed by atoms with E-state index in [0.29, 0.717) is 12.1 Å². The van der Waals surface area contributed by atoms with Crippen LogP contribution in [0.4, 0.5) is 26.3 Å². The molecule has 0 aliphatic heterocycles. The van der Waals surface area contributed by atoms with E-state index in [1.807, 2.05) is 0 Å². The lowest BCUT2D eigenvalue weighted by Crippen LogP contribution is -2.50. The van der Waals surface area contributed by atoms with Crippen LogP contribution in [0.2, 0.25) is 0 Å². The van der Waals surface area contributed by atoms with Crippen molar-refractivity contribution in [1.82, 2.24) is 0 Å². The monoisotopic (exact) mass is 304 g/mol. The summed E-state index contributed by atoms with van der Waals surface area (Å²) in [6, 6.07) is 10.0. The van der Waals surface area contributed by atoms with E-state index in [-0.39, 0.29) is 0 Å². The van der Waals surface area contributed by atoms with Crippen LogP contribution in [-0.4, -0.2) is 6.18 Å². The predicted octanol–water partition coefficient (Wildman–Crippen LogP) is 5.21. The predicted molar refractivity (Wildman–Crippen MR) is 65.6 cm³/mol. The molecule has 112 valence electrons. The Hall–Kier alpha value is -1.98. The summed E-state index contributed by atoms with van der Waals surface area (Å²) >= 11 is 0. The van der Waals surface area contributed by atoms with Gasteiger partial charge in [-0.25, -0.2) is 4.39 Å². The number of benzene rings is 2. The van der Waals surface area contributed by atoms with E-state index in [1.54, 1.807) is 0 Å². The number of alkyl halides is 6. The van der Waals surface area contributed by atoms with Crippen molar-refractivity contribution in [2.24, 2.45) is 0 Å². The SMILES string of the molecule is FC(F)(F)C(F)(c1ccccc1)C(F)(F)c1ccccc1. The first-order valence-corrected chi connectivity index (χ1v) is 5.96. The van der Waals surface area contributed by atoms with Gasteiger partial charge in [0.05, 0.1) is 0 Å². The lowest BCUT2D eigenvalue weighted by atomic mass is 9.84. The zero-order valence-electron chi connectivity index (χ0n) is 10.5. The van der Waals surface area contributed by atoms with E-state index >= 15 is 0 Å². The van der Waals surface area contributed by atoms with Gasteiger partial charge in [0.15, 0.2) is 0 Å². The summed E-state index contributed by atoms with van der Waals surface area (Å²) in [5.74, 6) is -4.76. The minimum Gasteiger partial charge on any atom is -0.221 e. The standard InChI is InChI=1S/C15H10F6/c16-13(15(19,20)21,11-7-3-1-4-8-11)14(17,18)12-9-5-2-6-10-12/h1-10H. The second-order valence-electron chi connectivity index (χ2n) is 4.46. The average molecular weight is 304 g/mol. The van der Waals surface area contributed by atoms with Crippen molar-refractivity contribution >= 4 is 0 Å². The Bertz CT molecular complexity index is 591. The third-order valence-corrected chi connectivity index (χ3v) is 3.13. The number of halogens is 6. The fourth-order valence-electron chi connectivity index (χ4n) is 2.04. The van der Waals surface area contributed by atoms with Crippen molar-refractivity contribution in [2.75, 3.05) is 0 Å². The van der Waals surface area contributed by atoms with Crippen molar-refractivity contribution in [3.8, 4) is 0 Å². The average Bonchev–Trinajstić information content (AvgIpc) is 2.47. The molecule has 0 saturated carbocycles. The largest absolute Gasteiger partial charge is 0.433 e. The highest BCUT2D eigenvalue weighted by molar-refractivity contribution is 5.33. The number of rotatable bonds is 3. The summed E-state index contributed by atoms with van der Waals surface area (Å²) in [5.41, 5.74) is -6.97. The smallest absolute Gasteiger partial charge is 0.221 e. The van der Waals surface area contributed by atoms with Gasteiger partial charge < -0.3 is 0 Å². The molecule has 6 heteroatoms. The van der Waals surface area contributed by atoms with Crippen LogP contribution in [0.3, 0.4) is 0 Å². The van der Waals surface area contributed by atoms with Crippen molar-refractivity contribution in [3.63, 3.8) is 0 Å². The molecule has 0 N–H and O–H groups in total. The summed E-state index contributed by atoms with van der Waals surface area (Å²) in [6.07, 6.45) is -5.77. The zero-order valence-corrected chi connectivity index (χ0v) is 10.5. The Kier molecular flexibility index (Phi) is 3.74. The summed E-state index contributed by atoms with van der Waals surface area (Å²) < 4.78 is 82.6. The topological polar surface area (TPSA) is 0 Å². The van der Waals surface area contributed by atoms with E-state index in [2.05, 4.69) is 0 Å². The minimum absolute atomic E-state index is 0.699. The maximum absolute atomic E-state index is 14.6. The van der Waals surface area contributed by atoms with Gasteiger partial charge in [-0.2, -0.15) is 22.0 Å². The van der Waals surface area contributed by atoms with Crippen molar-refractivity contribution in [3.05, 3.63) is 71.8 Å². The molecule has 0 aliphatic carbocycles. The fourth-order valence-corrected chi connectivity index (χ4v) is 2.04. The van der Waals surface area contributed by atoms with Crippen molar-refractivity contribution < 1.29 is 26.3 Å². The highest BCUT2D eigenvalue weighted by atomic mass is 19.4. The lowest BCUT2D eigenvalue weighted by molar-refractivity contribution is -0.314. The molecule has 2 rings (SSSR count). The zero-order chi connectivity index (χ0) is 15.7. The van der Waals surface area contributed by atoms with Crippen LogP contribution in [-0.2, 0) is 11.6 Å². The molecule has 0 fully saturated rings. The van der Waals surface area contributed by atoms with Crippen LogP contribution < -0.4 is 0 Å². The van der Waals surface area contributed by atoms with Gasteiger partial charge in [0.25, 0.3) is 5.67 Å². The summed E-state index contributed by atoms with van der Waals surface area (Å²) in [4.78, 5) is 0. The van der Waals surface area contributed by atoms with Crippen LogP contribution >= 0.6 is 0 Å². The highest BCUT2D eigenvalue weighted by Gasteiger charge is 2.72. The lowest BCUT2D eigenvalue weighted by Gasteiger charge is -2.35. The maximum atomic E-state index is 14.6. The normalized spacial score (nSPS) is 15.5. The van der Waals surface area contributed by atoms with Gasteiger partial charge in [-0.15, -0.1) is 0 Å². The van der Waals surface area contributed by atoms with Crippen molar-refractivity contribution in [2.45, 2.75) is 17.8 Å². The number of hydrogen-bond acceptors (Lipinski definition) is 0.